The Morgan fingerprint density at radius 2 is 1.33 bits per heavy atom. The van der Waals surface area contributed by atoms with Crippen LogP contribution in [0.5, 0.6) is 0 Å². The molecule has 1 aliphatic carbocycles. The zero-order valence-corrected chi connectivity index (χ0v) is 15.2. The highest BCUT2D eigenvalue weighted by atomic mass is 14.9. The van der Waals surface area contributed by atoms with Gasteiger partial charge in [0.2, 0.25) is 0 Å². The van der Waals surface area contributed by atoms with Gasteiger partial charge in [0.25, 0.3) is 0 Å². The Bertz CT molecular complexity index is 1110. The Kier molecular flexibility index (Phi) is 4.37. The largest absolute Gasteiger partial charge is 0.228 e. The average molecular weight is 345 g/mol. The molecule has 0 N–H and O–H groups in total. The molecule has 0 fully saturated rings. The molecule has 1 aromatic heterocycles. The molecule has 3 aromatic carbocycles. The van der Waals surface area contributed by atoms with Gasteiger partial charge in [-0.25, -0.2) is 9.97 Å². The van der Waals surface area contributed by atoms with Crippen LogP contribution in [0.2, 0.25) is 0 Å². The lowest BCUT2D eigenvalue weighted by atomic mass is 10.0. The predicted molar refractivity (Wildman–Crippen MR) is 112 cm³/mol. The third-order valence-corrected chi connectivity index (χ3v) is 4.97. The maximum atomic E-state index is 4.98. The van der Waals surface area contributed by atoms with E-state index in [0.717, 1.165) is 34.8 Å². The van der Waals surface area contributed by atoms with Crippen LogP contribution in [-0.2, 0) is 6.42 Å². The lowest BCUT2D eigenvalue weighted by Gasteiger charge is -2.11. The minimum absolute atomic E-state index is 0. The highest BCUT2D eigenvalue weighted by Gasteiger charge is 2.25. The van der Waals surface area contributed by atoms with Gasteiger partial charge in [-0.1, -0.05) is 84.4 Å². The van der Waals surface area contributed by atoms with Crippen LogP contribution >= 0.6 is 0 Å². The van der Waals surface area contributed by atoms with Crippen molar-refractivity contribution < 1.29 is 0 Å². The van der Waals surface area contributed by atoms with Gasteiger partial charge in [-0.3, -0.25) is 0 Å². The minimum atomic E-state index is 0. The van der Waals surface area contributed by atoms with Crippen molar-refractivity contribution in [2.45, 2.75) is 13.3 Å². The van der Waals surface area contributed by atoms with Crippen molar-refractivity contribution in [3.63, 3.8) is 0 Å². The fourth-order valence-electron chi connectivity index (χ4n) is 3.72. The van der Waals surface area contributed by atoms with Crippen LogP contribution in [0.4, 0.5) is 0 Å². The molecule has 1 heterocycles. The van der Waals surface area contributed by atoms with Gasteiger partial charge >= 0.3 is 0 Å². The standard InChI is InChI=1S/C24H18N2.B/c1-16-12-13-20-19(14-16)15-21-22(17-8-4-2-5-9-17)25-24(26-23(20)21)18-10-6-3-7-11-18;/h2-14H,15H2,1H3;. The van der Waals surface area contributed by atoms with Crippen LogP contribution in [0.1, 0.15) is 16.7 Å². The van der Waals surface area contributed by atoms with E-state index in [4.69, 9.17) is 9.97 Å². The number of rotatable bonds is 2. The fraction of sp³-hybridized carbons (Fsp3) is 0.0833. The van der Waals surface area contributed by atoms with Crippen LogP contribution in [0, 0.1) is 6.92 Å². The molecule has 1 aliphatic rings. The van der Waals surface area contributed by atoms with E-state index in [1.165, 1.54) is 22.3 Å². The first-order chi connectivity index (χ1) is 12.8. The van der Waals surface area contributed by atoms with E-state index < -0.39 is 0 Å². The molecule has 0 amide bonds. The van der Waals surface area contributed by atoms with E-state index in [2.05, 4.69) is 61.5 Å². The van der Waals surface area contributed by atoms with E-state index in [-0.39, 0.29) is 8.41 Å². The molecule has 4 aromatic rings. The monoisotopic (exact) mass is 345 g/mol. The van der Waals surface area contributed by atoms with Crippen molar-refractivity contribution in [1.82, 2.24) is 9.97 Å². The molecule has 3 radical (unpaired) electrons. The molecule has 127 valence electrons. The maximum Gasteiger partial charge on any atom is 0.160 e. The summed E-state index contributed by atoms with van der Waals surface area (Å²) < 4.78 is 0. The first-order valence-electron chi connectivity index (χ1n) is 8.91. The topological polar surface area (TPSA) is 25.8 Å². The minimum Gasteiger partial charge on any atom is -0.228 e. The molecular weight excluding hydrogens is 327 g/mol. The first-order valence-corrected chi connectivity index (χ1v) is 8.91. The van der Waals surface area contributed by atoms with Crippen molar-refractivity contribution >= 4 is 8.41 Å². The number of benzene rings is 3. The molecule has 0 unspecified atom stereocenters. The normalized spacial score (nSPS) is 11.4. The van der Waals surface area contributed by atoms with Crippen LogP contribution in [0.3, 0.4) is 0 Å². The summed E-state index contributed by atoms with van der Waals surface area (Å²) in [5.74, 6) is 0.789. The van der Waals surface area contributed by atoms with Crippen molar-refractivity contribution in [2.75, 3.05) is 0 Å². The zero-order valence-electron chi connectivity index (χ0n) is 15.2. The van der Waals surface area contributed by atoms with Crippen LogP contribution in [-0.4, -0.2) is 18.4 Å². The van der Waals surface area contributed by atoms with E-state index >= 15 is 0 Å². The van der Waals surface area contributed by atoms with Gasteiger partial charge in [-0.05, 0) is 12.5 Å². The molecular formula is C24H18BN2. The van der Waals surface area contributed by atoms with E-state index in [9.17, 15) is 0 Å². The van der Waals surface area contributed by atoms with Gasteiger partial charge in [0.15, 0.2) is 5.82 Å². The highest BCUT2D eigenvalue weighted by Crippen LogP contribution is 2.41. The van der Waals surface area contributed by atoms with Gasteiger partial charge in [-0.2, -0.15) is 0 Å². The smallest absolute Gasteiger partial charge is 0.160 e. The fourth-order valence-corrected chi connectivity index (χ4v) is 3.72. The molecule has 0 bridgehead atoms. The first kappa shape index (κ1) is 17.2. The van der Waals surface area contributed by atoms with Gasteiger partial charge in [0.1, 0.15) is 0 Å². The lowest BCUT2D eigenvalue weighted by Crippen LogP contribution is -1.99. The highest BCUT2D eigenvalue weighted by molar-refractivity contribution is 5.82. The molecule has 0 aliphatic heterocycles. The van der Waals surface area contributed by atoms with Crippen molar-refractivity contribution in [1.29, 1.82) is 0 Å². The summed E-state index contributed by atoms with van der Waals surface area (Å²) in [6, 6.07) is 27.3. The molecule has 5 rings (SSSR count). The summed E-state index contributed by atoms with van der Waals surface area (Å²) in [7, 11) is 0. The Hall–Kier alpha value is -3.20. The molecule has 0 spiro atoms. The van der Waals surface area contributed by atoms with Gasteiger partial charge in [0.05, 0.1) is 11.4 Å². The number of hydrogen-bond acceptors (Lipinski definition) is 2. The molecule has 27 heavy (non-hydrogen) atoms. The number of aryl methyl sites for hydroxylation is 1. The number of nitrogens with zero attached hydrogens (tertiary/aromatic N) is 2. The second-order valence-electron chi connectivity index (χ2n) is 6.79. The zero-order chi connectivity index (χ0) is 17.5. The summed E-state index contributed by atoms with van der Waals surface area (Å²) in [5, 5.41) is 0. The molecule has 0 saturated heterocycles. The maximum absolute atomic E-state index is 4.98. The SMILES string of the molecule is Cc1ccc2c(c1)Cc1c(-c3ccccc3)nc(-c3ccccc3)nc1-2.[B]. The number of fused-ring (bicyclic) bond motifs is 3. The summed E-state index contributed by atoms with van der Waals surface area (Å²) in [6.45, 7) is 2.14. The van der Waals surface area contributed by atoms with E-state index in [1.54, 1.807) is 0 Å². The van der Waals surface area contributed by atoms with Gasteiger partial charge in [0, 0.05) is 37.1 Å². The molecule has 0 saturated carbocycles. The second-order valence-corrected chi connectivity index (χ2v) is 6.79. The van der Waals surface area contributed by atoms with E-state index in [1.807, 2.05) is 24.3 Å². The third-order valence-electron chi connectivity index (χ3n) is 4.97. The summed E-state index contributed by atoms with van der Waals surface area (Å²) in [5.41, 5.74) is 9.42. The Morgan fingerprint density at radius 3 is 2.04 bits per heavy atom. The van der Waals surface area contributed by atoms with Crippen LogP contribution in [0.25, 0.3) is 33.9 Å². The van der Waals surface area contributed by atoms with Crippen molar-refractivity contribution in [2.24, 2.45) is 0 Å². The Morgan fingerprint density at radius 1 is 0.704 bits per heavy atom. The lowest BCUT2D eigenvalue weighted by molar-refractivity contribution is 1.13. The van der Waals surface area contributed by atoms with Crippen molar-refractivity contribution in [3.05, 3.63) is 95.6 Å². The Balaban J connectivity index is 0.00000180. The quantitative estimate of drug-likeness (QED) is 0.405. The van der Waals surface area contributed by atoms with Crippen molar-refractivity contribution in [3.8, 4) is 33.9 Å². The summed E-state index contributed by atoms with van der Waals surface area (Å²) in [6.07, 6.45) is 0.894. The summed E-state index contributed by atoms with van der Waals surface area (Å²) in [4.78, 5) is 9.95. The molecule has 2 nitrogen and oxygen atoms in total. The Labute approximate surface area is 161 Å². The predicted octanol–water partition coefficient (Wildman–Crippen LogP) is 5.31. The average Bonchev–Trinajstić information content (AvgIpc) is 3.06. The third kappa shape index (κ3) is 2.95. The van der Waals surface area contributed by atoms with Crippen LogP contribution < -0.4 is 0 Å². The molecule has 0 atom stereocenters. The molecule has 3 heteroatoms. The van der Waals surface area contributed by atoms with Gasteiger partial charge in [-0.15, -0.1) is 0 Å². The number of aromatic nitrogens is 2. The number of hydrogen-bond donors (Lipinski definition) is 0. The second kappa shape index (κ2) is 6.84. The van der Waals surface area contributed by atoms with E-state index in [0.29, 0.717) is 0 Å². The summed E-state index contributed by atoms with van der Waals surface area (Å²) >= 11 is 0. The van der Waals surface area contributed by atoms with Crippen LogP contribution in [0.15, 0.2) is 78.9 Å². The van der Waals surface area contributed by atoms with Gasteiger partial charge < -0.3 is 0 Å².